The number of hydrogen-bond acceptors (Lipinski definition) is 8. The first-order valence-corrected chi connectivity index (χ1v) is 10.1. The van der Waals surface area contributed by atoms with Crippen LogP contribution < -0.4 is 16.4 Å². The second-order valence-corrected chi connectivity index (χ2v) is 7.21. The van der Waals surface area contributed by atoms with Gasteiger partial charge in [-0.05, 0) is 25.3 Å². The van der Waals surface area contributed by atoms with Crippen LogP contribution in [0.1, 0.15) is 35.7 Å². The summed E-state index contributed by atoms with van der Waals surface area (Å²) >= 11 is 0. The molecule has 3 rings (SSSR count). The van der Waals surface area contributed by atoms with Crippen molar-refractivity contribution in [3.8, 4) is 0 Å². The average Bonchev–Trinajstić information content (AvgIpc) is 3.24. The Kier molecular flexibility index (Phi) is 7.55. The maximum atomic E-state index is 11.9. The summed E-state index contributed by atoms with van der Waals surface area (Å²) in [5.41, 5.74) is 6.34. The number of carbonyl (C=O) groups excluding carboxylic acids is 2. The molecule has 0 bridgehead atoms. The molecule has 166 valence electrons. The van der Waals surface area contributed by atoms with Crippen molar-refractivity contribution in [1.82, 2.24) is 24.6 Å². The van der Waals surface area contributed by atoms with Crippen LogP contribution >= 0.6 is 0 Å². The van der Waals surface area contributed by atoms with E-state index in [0.29, 0.717) is 37.1 Å². The minimum absolute atomic E-state index is 0.0660. The number of hydrogen-bond donors (Lipinski definition) is 3. The Hall–Kier alpha value is -3.47. The zero-order valence-electron chi connectivity index (χ0n) is 17.6. The molecule has 0 radical (unpaired) electrons. The minimum Gasteiger partial charge on any atom is -0.385 e. The number of nitrogens with two attached hydrogens (primary N) is 1. The van der Waals surface area contributed by atoms with E-state index < -0.39 is 5.91 Å². The lowest BCUT2D eigenvalue weighted by atomic mass is 10.1. The van der Waals surface area contributed by atoms with Crippen LogP contribution in [0.2, 0.25) is 0 Å². The fourth-order valence-corrected chi connectivity index (χ4v) is 3.41. The molecule has 0 saturated carbocycles. The van der Waals surface area contributed by atoms with Gasteiger partial charge >= 0.3 is 0 Å². The maximum absolute atomic E-state index is 11.9. The molecular formula is C20H28N8O3. The van der Waals surface area contributed by atoms with Crippen molar-refractivity contribution in [3.63, 3.8) is 0 Å². The maximum Gasteiger partial charge on any atom is 0.254 e. The highest BCUT2D eigenvalue weighted by atomic mass is 16.5. The van der Waals surface area contributed by atoms with Crippen LogP contribution in [0, 0.1) is 0 Å². The molecule has 1 aliphatic heterocycles. The number of primary amides is 1. The van der Waals surface area contributed by atoms with Gasteiger partial charge in [0.15, 0.2) is 0 Å². The number of nitrogens with zero attached hydrogens (tertiary/aromatic N) is 5. The Balaban J connectivity index is 1.68. The molecule has 1 fully saturated rings. The van der Waals surface area contributed by atoms with Crippen molar-refractivity contribution in [2.75, 3.05) is 44.0 Å². The van der Waals surface area contributed by atoms with Crippen LogP contribution in [-0.2, 0) is 9.53 Å². The number of nitrogens with one attached hydrogen (secondary N) is 2. The third-order valence-corrected chi connectivity index (χ3v) is 4.99. The molecule has 0 spiro atoms. The first-order valence-electron chi connectivity index (χ1n) is 10.1. The number of amides is 2. The summed E-state index contributed by atoms with van der Waals surface area (Å²) in [6, 6.07) is 0.0874. The van der Waals surface area contributed by atoms with E-state index in [1.807, 2.05) is 10.9 Å². The van der Waals surface area contributed by atoms with E-state index in [1.165, 1.54) is 12.3 Å². The standard InChI is InChI=1S/C20H28N8O3/c1-3-17(29)27-8-4-6-15(13-27)28-12-14(10-24-28)25-20-23-11-16(18(21)30)19(26-20)22-7-5-9-31-2/h3,10-12,15H,1,4-9,13H2,2H3,(H2,21,30)(H2,22,23,25,26). The van der Waals surface area contributed by atoms with Crippen molar-refractivity contribution in [2.45, 2.75) is 25.3 Å². The Bertz CT molecular complexity index is 929. The number of methoxy groups -OCH3 is 1. The van der Waals surface area contributed by atoms with E-state index in [4.69, 9.17) is 10.5 Å². The number of carbonyl (C=O) groups is 2. The summed E-state index contributed by atoms with van der Waals surface area (Å²) in [4.78, 5) is 33.9. The van der Waals surface area contributed by atoms with Gasteiger partial charge in [-0.2, -0.15) is 10.1 Å². The minimum atomic E-state index is -0.607. The number of ether oxygens (including phenoxy) is 1. The Morgan fingerprint density at radius 2 is 2.26 bits per heavy atom. The molecule has 0 aromatic carbocycles. The molecule has 11 nitrogen and oxygen atoms in total. The van der Waals surface area contributed by atoms with Crippen LogP contribution in [0.3, 0.4) is 0 Å². The lowest BCUT2D eigenvalue weighted by Gasteiger charge is -2.32. The second-order valence-electron chi connectivity index (χ2n) is 7.21. The lowest BCUT2D eigenvalue weighted by molar-refractivity contribution is -0.127. The van der Waals surface area contributed by atoms with Gasteiger partial charge < -0.3 is 26.0 Å². The third kappa shape index (κ3) is 5.79. The van der Waals surface area contributed by atoms with E-state index in [0.717, 1.165) is 25.8 Å². The summed E-state index contributed by atoms with van der Waals surface area (Å²) in [7, 11) is 1.63. The molecule has 4 N–H and O–H groups in total. The van der Waals surface area contributed by atoms with Gasteiger partial charge in [-0.15, -0.1) is 0 Å². The third-order valence-electron chi connectivity index (χ3n) is 4.99. The number of anilines is 3. The summed E-state index contributed by atoms with van der Waals surface area (Å²) in [6.45, 7) is 6.04. The molecule has 0 aliphatic carbocycles. The monoisotopic (exact) mass is 428 g/mol. The molecule has 1 saturated heterocycles. The second kappa shape index (κ2) is 10.5. The Morgan fingerprint density at radius 1 is 1.42 bits per heavy atom. The topological polar surface area (TPSA) is 140 Å². The lowest BCUT2D eigenvalue weighted by Crippen LogP contribution is -2.39. The van der Waals surface area contributed by atoms with Crippen LogP contribution in [0.15, 0.2) is 31.2 Å². The quantitative estimate of drug-likeness (QED) is 0.380. The van der Waals surface area contributed by atoms with Gasteiger partial charge in [-0.3, -0.25) is 14.3 Å². The Labute approximate surface area is 180 Å². The zero-order chi connectivity index (χ0) is 22.2. The van der Waals surface area contributed by atoms with Gasteiger partial charge in [0, 0.05) is 45.7 Å². The predicted molar refractivity (Wildman–Crippen MR) is 116 cm³/mol. The van der Waals surface area contributed by atoms with Crippen LogP contribution in [0.5, 0.6) is 0 Å². The van der Waals surface area contributed by atoms with Crippen molar-refractivity contribution >= 4 is 29.3 Å². The molecule has 1 atom stereocenters. The van der Waals surface area contributed by atoms with Gasteiger partial charge in [0.05, 0.1) is 23.5 Å². The van der Waals surface area contributed by atoms with Gasteiger partial charge in [-0.25, -0.2) is 4.98 Å². The van der Waals surface area contributed by atoms with Crippen molar-refractivity contribution in [3.05, 3.63) is 36.8 Å². The molecule has 11 heteroatoms. The normalized spacial score (nSPS) is 16.0. The molecule has 2 amide bonds. The molecule has 1 aliphatic rings. The summed E-state index contributed by atoms with van der Waals surface area (Å²) in [6.07, 6.45) is 8.84. The SMILES string of the molecule is C=CC(=O)N1CCCC(n2cc(Nc3ncc(C(N)=O)c(NCCCOC)n3)cn2)C1. The van der Waals surface area contributed by atoms with E-state index in [9.17, 15) is 9.59 Å². The first-order chi connectivity index (χ1) is 15.0. The molecule has 31 heavy (non-hydrogen) atoms. The van der Waals surface area contributed by atoms with Crippen LogP contribution in [-0.4, -0.2) is 69.8 Å². The van der Waals surface area contributed by atoms with Crippen LogP contribution in [0.4, 0.5) is 17.5 Å². The highest BCUT2D eigenvalue weighted by Crippen LogP contribution is 2.24. The van der Waals surface area contributed by atoms with E-state index >= 15 is 0 Å². The van der Waals surface area contributed by atoms with Crippen LogP contribution in [0.25, 0.3) is 0 Å². The molecule has 2 aromatic heterocycles. The number of aromatic nitrogens is 4. The predicted octanol–water partition coefficient (Wildman–Crippen LogP) is 1.31. The zero-order valence-corrected chi connectivity index (χ0v) is 17.6. The Morgan fingerprint density at radius 3 is 3.00 bits per heavy atom. The van der Waals surface area contributed by atoms with Crippen molar-refractivity contribution in [2.24, 2.45) is 5.73 Å². The fraction of sp³-hybridized carbons (Fsp3) is 0.450. The highest BCUT2D eigenvalue weighted by molar-refractivity contribution is 5.97. The van der Waals surface area contributed by atoms with Gasteiger partial charge in [0.2, 0.25) is 11.9 Å². The summed E-state index contributed by atoms with van der Waals surface area (Å²) in [5.74, 6) is -0.00142. The van der Waals surface area contributed by atoms with E-state index in [1.54, 1.807) is 18.2 Å². The molecule has 2 aromatic rings. The number of likely N-dealkylation sites (tertiary alicyclic amines) is 1. The van der Waals surface area contributed by atoms with E-state index in [-0.39, 0.29) is 17.5 Å². The molecule has 3 heterocycles. The highest BCUT2D eigenvalue weighted by Gasteiger charge is 2.24. The molecule has 1 unspecified atom stereocenters. The first kappa shape index (κ1) is 22.2. The summed E-state index contributed by atoms with van der Waals surface area (Å²) in [5, 5.41) is 10.6. The van der Waals surface area contributed by atoms with Gasteiger partial charge in [0.1, 0.15) is 5.82 Å². The largest absolute Gasteiger partial charge is 0.385 e. The smallest absolute Gasteiger partial charge is 0.254 e. The van der Waals surface area contributed by atoms with Gasteiger partial charge in [0.25, 0.3) is 5.91 Å². The summed E-state index contributed by atoms with van der Waals surface area (Å²) < 4.78 is 6.87. The number of piperidine rings is 1. The number of rotatable bonds is 10. The van der Waals surface area contributed by atoms with E-state index in [2.05, 4.69) is 32.3 Å². The average molecular weight is 428 g/mol. The fourth-order valence-electron chi connectivity index (χ4n) is 3.41. The van der Waals surface area contributed by atoms with Crippen molar-refractivity contribution in [1.29, 1.82) is 0 Å². The molecular weight excluding hydrogens is 400 g/mol. The van der Waals surface area contributed by atoms with Gasteiger partial charge in [-0.1, -0.05) is 6.58 Å². The van der Waals surface area contributed by atoms with Crippen molar-refractivity contribution < 1.29 is 14.3 Å².